The first kappa shape index (κ1) is 34.9. The Morgan fingerprint density at radius 3 is 0.828 bits per heavy atom. The third-order valence-corrected chi connectivity index (χ3v) is 14.1. The van der Waals surface area contributed by atoms with Crippen molar-refractivity contribution in [2.75, 3.05) is 0 Å². The zero-order chi connectivity index (χ0) is 20.6. The first-order valence-corrected chi connectivity index (χ1v) is 24.3. The average Bonchev–Trinajstić information content (AvgIpc) is 3.06. The van der Waals surface area contributed by atoms with E-state index in [9.17, 15) is 0 Å². The van der Waals surface area contributed by atoms with Crippen molar-refractivity contribution < 1.29 is 51.0 Å². The summed E-state index contributed by atoms with van der Waals surface area (Å²) in [4.78, 5) is 0. The van der Waals surface area contributed by atoms with E-state index < -0.39 is 32.3 Å². The van der Waals surface area contributed by atoms with Gasteiger partial charge in [0.25, 0.3) is 0 Å². The van der Waals surface area contributed by atoms with Gasteiger partial charge < -0.3 is 24.8 Å². The summed E-state index contributed by atoms with van der Waals surface area (Å²) in [6, 6.07) is 0. The summed E-state index contributed by atoms with van der Waals surface area (Å²) in [5.41, 5.74) is 0. The zero-order valence-corrected chi connectivity index (χ0v) is 28.9. The van der Waals surface area contributed by atoms with Gasteiger partial charge in [0.15, 0.2) is 0 Å². The molecular weight excluding hydrogens is 539 g/mol. The fourth-order valence-electron chi connectivity index (χ4n) is 3.14. The molecule has 29 heavy (non-hydrogen) atoms. The zero-order valence-electron chi connectivity index (χ0n) is 21.0. The van der Waals surface area contributed by atoms with Crippen molar-refractivity contribution in [1.29, 1.82) is 0 Å². The van der Waals surface area contributed by atoms with Crippen molar-refractivity contribution >= 4 is 32.3 Å². The van der Waals surface area contributed by atoms with E-state index in [1.165, 1.54) is 12.8 Å². The Morgan fingerprint density at radius 2 is 0.724 bits per heavy atom. The van der Waals surface area contributed by atoms with Crippen LogP contribution in [0.4, 0.5) is 0 Å². The second-order valence-electron chi connectivity index (χ2n) is 12.1. The molecule has 166 valence electrons. The Morgan fingerprint density at radius 1 is 0.483 bits per heavy atom. The van der Waals surface area contributed by atoms with Gasteiger partial charge in [-0.1, -0.05) is 124 Å². The van der Waals surface area contributed by atoms with Crippen molar-refractivity contribution in [3.63, 3.8) is 0 Å². The van der Waals surface area contributed by atoms with Gasteiger partial charge in [-0.2, -0.15) is 0 Å². The first-order valence-electron chi connectivity index (χ1n) is 10.3. The van der Waals surface area contributed by atoms with Crippen LogP contribution in [0.2, 0.25) is 78.6 Å². The summed E-state index contributed by atoms with van der Waals surface area (Å²) >= 11 is 0. The number of hydrogen-bond donors (Lipinski definition) is 0. The van der Waals surface area contributed by atoms with Crippen LogP contribution in [-0.4, -0.2) is 32.3 Å². The minimum absolute atomic E-state index is 0. The maximum absolute atomic E-state index is 2.51. The van der Waals surface area contributed by atoms with E-state index in [1.807, 2.05) is 0 Å². The van der Waals surface area contributed by atoms with Gasteiger partial charge in [-0.05, 0) is 12.8 Å². The maximum Gasteiger partial charge on any atom is 2.00 e. The molecule has 2 aliphatic rings. The molecule has 0 aromatic carbocycles. The molecule has 7 heteroatoms. The Bertz CT molecular complexity index is 592. The fraction of sp³-hybridized carbons (Fsp3) is 0.636. The van der Waals surface area contributed by atoms with Crippen LogP contribution in [0.3, 0.4) is 0 Å². The van der Waals surface area contributed by atoms with E-state index in [0.29, 0.717) is 0 Å². The molecule has 0 spiro atoms. The molecule has 0 aliphatic heterocycles. The Kier molecular flexibility index (Phi) is 15.1. The van der Waals surface area contributed by atoms with Crippen molar-refractivity contribution in [3.05, 3.63) is 45.1 Å². The Hall–Kier alpha value is 1.29. The standard InChI is InChI=1S/2C11H22Si2.2ClH.Zr/c2*1-12(2,3)10-7-8-11(9-10)13(4,5)6;;;/h2*7,9H,8H2,1-6H3;2*1H;/q;;;;+2/p-2. The monoisotopic (exact) mass is 580 g/mol. The molecule has 0 heterocycles. The van der Waals surface area contributed by atoms with E-state index in [4.69, 9.17) is 0 Å². The molecule has 0 saturated carbocycles. The van der Waals surface area contributed by atoms with Gasteiger partial charge in [0, 0.05) is 0 Å². The number of allylic oxidation sites excluding steroid dienone is 8. The molecule has 0 radical (unpaired) electrons. The average molecular weight is 583 g/mol. The SMILES string of the molecule is C[Si](C)(C)C1=CCC([Si](C)(C)C)=C1.C[Si](C)(C)C1=CCC([Si](C)(C)C)=C1.[Cl-].[Cl-].[Zr+2]. The molecule has 0 amide bonds. The van der Waals surface area contributed by atoms with E-state index in [-0.39, 0.29) is 51.0 Å². The normalized spacial score (nSPS) is 16.7. The van der Waals surface area contributed by atoms with Crippen LogP contribution in [0.15, 0.2) is 45.1 Å². The van der Waals surface area contributed by atoms with Crippen LogP contribution >= 0.6 is 0 Å². The first-order chi connectivity index (χ1) is 11.4. The molecular formula is C22H44Cl2Si4Zr. The number of hydrogen-bond acceptors (Lipinski definition) is 0. The molecule has 0 fully saturated rings. The van der Waals surface area contributed by atoms with E-state index in [0.717, 1.165) is 0 Å². The molecule has 0 atom stereocenters. The number of rotatable bonds is 4. The molecule has 0 N–H and O–H groups in total. The van der Waals surface area contributed by atoms with E-state index in [2.05, 4.69) is 103 Å². The predicted octanol–water partition coefficient (Wildman–Crippen LogP) is 2.00. The molecule has 0 unspecified atom stereocenters. The Labute approximate surface area is 218 Å². The van der Waals surface area contributed by atoms with Crippen molar-refractivity contribution in [1.82, 2.24) is 0 Å². The molecule has 2 rings (SSSR count). The fourth-order valence-corrected chi connectivity index (χ4v) is 8.68. The number of halogens is 2. The van der Waals surface area contributed by atoms with Crippen LogP contribution < -0.4 is 24.8 Å². The molecule has 0 aromatic rings. The topological polar surface area (TPSA) is 0 Å². The third kappa shape index (κ3) is 11.6. The van der Waals surface area contributed by atoms with Gasteiger partial charge in [0.2, 0.25) is 0 Å². The minimum atomic E-state index is -1.04. The Balaban J connectivity index is -0.000000422. The summed E-state index contributed by atoms with van der Waals surface area (Å²) in [5.74, 6) is 0. The molecule has 0 nitrogen and oxygen atoms in total. The van der Waals surface area contributed by atoms with Gasteiger partial charge in [-0.3, -0.25) is 0 Å². The van der Waals surface area contributed by atoms with Gasteiger partial charge in [0.05, 0.1) is 32.3 Å². The van der Waals surface area contributed by atoms with Gasteiger partial charge in [-0.25, -0.2) is 0 Å². The second-order valence-corrected chi connectivity index (χ2v) is 32.5. The summed E-state index contributed by atoms with van der Waals surface area (Å²) < 4.78 is 0. The van der Waals surface area contributed by atoms with Gasteiger partial charge >= 0.3 is 26.2 Å². The van der Waals surface area contributed by atoms with Crippen molar-refractivity contribution in [2.24, 2.45) is 0 Å². The van der Waals surface area contributed by atoms with E-state index >= 15 is 0 Å². The smallest absolute Gasteiger partial charge is 1.00 e. The van der Waals surface area contributed by atoms with Crippen molar-refractivity contribution in [2.45, 2.75) is 91.4 Å². The van der Waals surface area contributed by atoms with Crippen LogP contribution in [0, 0.1) is 0 Å². The summed E-state index contributed by atoms with van der Waals surface area (Å²) in [6.45, 7) is 29.3. The van der Waals surface area contributed by atoms with Crippen LogP contribution in [0.5, 0.6) is 0 Å². The molecule has 0 aromatic heterocycles. The third-order valence-electron chi connectivity index (χ3n) is 5.40. The van der Waals surface area contributed by atoms with Gasteiger partial charge in [-0.15, -0.1) is 0 Å². The molecule has 0 saturated heterocycles. The quantitative estimate of drug-likeness (QED) is 0.445. The predicted molar refractivity (Wildman–Crippen MR) is 135 cm³/mol. The second kappa shape index (κ2) is 12.5. The molecule has 2 aliphatic carbocycles. The van der Waals surface area contributed by atoms with Gasteiger partial charge in [0.1, 0.15) is 0 Å². The molecule has 0 bridgehead atoms. The van der Waals surface area contributed by atoms with Crippen LogP contribution in [0.25, 0.3) is 0 Å². The van der Waals surface area contributed by atoms with E-state index in [1.54, 1.807) is 20.8 Å². The van der Waals surface area contributed by atoms with Crippen LogP contribution in [0.1, 0.15) is 12.8 Å². The summed E-state index contributed by atoms with van der Waals surface area (Å²) in [6.07, 6.45) is 12.5. The maximum atomic E-state index is 2.51. The van der Waals surface area contributed by atoms with Crippen molar-refractivity contribution in [3.8, 4) is 0 Å². The summed E-state index contributed by atoms with van der Waals surface area (Å²) in [5, 5.41) is 6.82. The minimum Gasteiger partial charge on any atom is -1.00 e. The van der Waals surface area contributed by atoms with Crippen LogP contribution in [-0.2, 0) is 26.2 Å². The summed E-state index contributed by atoms with van der Waals surface area (Å²) in [7, 11) is -4.10. The largest absolute Gasteiger partial charge is 2.00 e.